The summed E-state index contributed by atoms with van der Waals surface area (Å²) < 4.78 is 5.55. The minimum absolute atomic E-state index is 0.113. The van der Waals surface area contributed by atoms with Gasteiger partial charge in [0.1, 0.15) is 5.75 Å². The van der Waals surface area contributed by atoms with Crippen LogP contribution in [0, 0.1) is 0 Å². The molecule has 0 fully saturated rings. The zero-order chi connectivity index (χ0) is 13.9. The van der Waals surface area contributed by atoms with Crippen LogP contribution in [0.4, 0.5) is 5.69 Å². The number of rotatable bonds is 3. The van der Waals surface area contributed by atoms with Crippen LogP contribution in [-0.2, 0) is 17.6 Å². The molecule has 0 bridgehead atoms. The maximum Gasteiger partial charge on any atom is 0.228 e. The average Bonchev–Trinajstić information content (AvgIpc) is 2.88. The van der Waals surface area contributed by atoms with E-state index in [0.717, 1.165) is 23.3 Å². The number of pyridine rings is 1. The van der Waals surface area contributed by atoms with E-state index in [1.54, 1.807) is 18.5 Å². The highest BCUT2D eigenvalue weighted by Crippen LogP contribution is 2.36. The van der Waals surface area contributed by atoms with Crippen molar-refractivity contribution in [1.82, 2.24) is 4.98 Å². The first-order chi connectivity index (χ1) is 9.72. The second-order valence-corrected chi connectivity index (χ2v) is 5.06. The summed E-state index contributed by atoms with van der Waals surface area (Å²) in [7, 11) is 0. The van der Waals surface area contributed by atoms with Gasteiger partial charge in [-0.05, 0) is 23.8 Å². The molecular formula is C15H13ClN2O2. The normalized spacial score (nSPS) is 12.7. The third-order valence-electron chi connectivity index (χ3n) is 3.11. The summed E-state index contributed by atoms with van der Waals surface area (Å²) in [6.45, 7) is 0.626. The lowest BCUT2D eigenvalue weighted by Crippen LogP contribution is -2.15. The van der Waals surface area contributed by atoms with Gasteiger partial charge in [0.05, 0.1) is 18.7 Å². The van der Waals surface area contributed by atoms with Crippen LogP contribution >= 0.6 is 11.6 Å². The van der Waals surface area contributed by atoms with Gasteiger partial charge in [0.25, 0.3) is 0 Å². The zero-order valence-corrected chi connectivity index (χ0v) is 11.5. The molecule has 0 atom stereocenters. The molecule has 0 saturated carbocycles. The molecule has 1 N–H and O–H groups in total. The van der Waals surface area contributed by atoms with E-state index in [-0.39, 0.29) is 12.3 Å². The first-order valence-electron chi connectivity index (χ1n) is 6.36. The third-order valence-corrected chi connectivity index (χ3v) is 3.33. The van der Waals surface area contributed by atoms with Crippen LogP contribution in [0.15, 0.2) is 36.7 Å². The minimum atomic E-state index is -0.113. The predicted octanol–water partition coefficient (Wildman–Crippen LogP) is 2.85. The van der Waals surface area contributed by atoms with Crippen LogP contribution in [0.25, 0.3) is 0 Å². The van der Waals surface area contributed by atoms with E-state index in [1.807, 2.05) is 18.2 Å². The van der Waals surface area contributed by atoms with Crippen LogP contribution < -0.4 is 10.1 Å². The Morgan fingerprint density at radius 3 is 3.15 bits per heavy atom. The monoisotopic (exact) mass is 288 g/mol. The minimum Gasteiger partial charge on any atom is -0.491 e. The maximum absolute atomic E-state index is 12.1. The molecule has 1 aromatic carbocycles. The van der Waals surface area contributed by atoms with E-state index in [1.165, 1.54) is 0 Å². The van der Waals surface area contributed by atoms with Gasteiger partial charge < -0.3 is 10.1 Å². The number of hydrogen-bond acceptors (Lipinski definition) is 3. The number of amides is 1. The van der Waals surface area contributed by atoms with Gasteiger partial charge in [0.2, 0.25) is 5.91 Å². The summed E-state index contributed by atoms with van der Waals surface area (Å²) in [5.41, 5.74) is 2.54. The van der Waals surface area contributed by atoms with Crippen LogP contribution in [-0.4, -0.2) is 17.5 Å². The van der Waals surface area contributed by atoms with Crippen molar-refractivity contribution >= 4 is 23.2 Å². The third kappa shape index (κ3) is 2.75. The van der Waals surface area contributed by atoms with E-state index >= 15 is 0 Å². The number of nitrogens with zero attached hydrogens (tertiary/aromatic N) is 1. The second-order valence-electron chi connectivity index (χ2n) is 4.63. The van der Waals surface area contributed by atoms with Crippen molar-refractivity contribution in [1.29, 1.82) is 0 Å². The Labute approximate surface area is 121 Å². The molecule has 102 valence electrons. The van der Waals surface area contributed by atoms with E-state index in [4.69, 9.17) is 16.3 Å². The molecule has 1 aliphatic heterocycles. The summed E-state index contributed by atoms with van der Waals surface area (Å²) in [5.74, 6) is 0.618. The first kappa shape index (κ1) is 12.9. The number of halogens is 1. The second kappa shape index (κ2) is 5.51. The number of ether oxygens (including phenoxy) is 1. The van der Waals surface area contributed by atoms with Crippen molar-refractivity contribution in [2.24, 2.45) is 0 Å². The molecule has 0 saturated heterocycles. The fourth-order valence-electron chi connectivity index (χ4n) is 2.24. The molecule has 0 aliphatic carbocycles. The molecule has 3 rings (SSSR count). The maximum atomic E-state index is 12.1. The molecule has 0 radical (unpaired) electrons. The highest BCUT2D eigenvalue weighted by molar-refractivity contribution is 6.31. The quantitative estimate of drug-likeness (QED) is 0.945. The van der Waals surface area contributed by atoms with Crippen molar-refractivity contribution in [2.75, 3.05) is 11.9 Å². The number of anilines is 1. The SMILES string of the molecule is O=C(Cc1cccnc1)Nc1cc(Cl)cc2c1OCC2. The zero-order valence-electron chi connectivity index (χ0n) is 10.7. The van der Waals surface area contributed by atoms with Crippen molar-refractivity contribution in [3.8, 4) is 5.75 Å². The van der Waals surface area contributed by atoms with E-state index in [2.05, 4.69) is 10.3 Å². The lowest BCUT2D eigenvalue weighted by atomic mass is 10.1. The van der Waals surface area contributed by atoms with Crippen molar-refractivity contribution < 1.29 is 9.53 Å². The number of carbonyl (C=O) groups is 1. The number of aromatic nitrogens is 1. The van der Waals surface area contributed by atoms with E-state index in [9.17, 15) is 4.79 Å². The van der Waals surface area contributed by atoms with Gasteiger partial charge in [0, 0.05) is 29.4 Å². The Bertz CT molecular complexity index is 644. The number of carbonyl (C=O) groups excluding carboxylic acids is 1. The number of nitrogens with one attached hydrogen (secondary N) is 1. The number of hydrogen-bond donors (Lipinski definition) is 1. The summed E-state index contributed by atoms with van der Waals surface area (Å²) in [6.07, 6.45) is 4.45. The lowest BCUT2D eigenvalue weighted by Gasteiger charge is -2.10. The lowest BCUT2D eigenvalue weighted by molar-refractivity contribution is -0.115. The van der Waals surface area contributed by atoms with E-state index in [0.29, 0.717) is 17.3 Å². The molecule has 20 heavy (non-hydrogen) atoms. The smallest absolute Gasteiger partial charge is 0.228 e. The molecule has 5 heteroatoms. The Hall–Kier alpha value is -2.07. The fourth-order valence-corrected chi connectivity index (χ4v) is 2.49. The largest absolute Gasteiger partial charge is 0.491 e. The van der Waals surface area contributed by atoms with Crippen LogP contribution in [0.2, 0.25) is 5.02 Å². The molecule has 1 amide bonds. The Balaban J connectivity index is 1.77. The molecule has 2 aromatic rings. The van der Waals surface area contributed by atoms with Gasteiger partial charge >= 0.3 is 0 Å². The van der Waals surface area contributed by atoms with Gasteiger partial charge in [-0.3, -0.25) is 9.78 Å². The van der Waals surface area contributed by atoms with Crippen molar-refractivity contribution in [2.45, 2.75) is 12.8 Å². The molecule has 1 aromatic heterocycles. The van der Waals surface area contributed by atoms with Crippen LogP contribution in [0.3, 0.4) is 0 Å². The van der Waals surface area contributed by atoms with Crippen molar-refractivity contribution in [3.05, 3.63) is 52.8 Å². The van der Waals surface area contributed by atoms with E-state index < -0.39 is 0 Å². The van der Waals surface area contributed by atoms with Gasteiger partial charge in [0.15, 0.2) is 0 Å². The number of benzene rings is 1. The van der Waals surface area contributed by atoms with Crippen LogP contribution in [0.1, 0.15) is 11.1 Å². The van der Waals surface area contributed by atoms with Gasteiger partial charge in [-0.15, -0.1) is 0 Å². The van der Waals surface area contributed by atoms with Crippen LogP contribution in [0.5, 0.6) is 5.75 Å². The summed E-state index contributed by atoms with van der Waals surface area (Å²) in [6, 6.07) is 7.27. The highest BCUT2D eigenvalue weighted by atomic mass is 35.5. The Kier molecular flexibility index (Phi) is 3.56. The molecule has 2 heterocycles. The average molecular weight is 289 g/mol. The molecular weight excluding hydrogens is 276 g/mol. The molecule has 4 nitrogen and oxygen atoms in total. The number of fused-ring (bicyclic) bond motifs is 1. The van der Waals surface area contributed by atoms with Gasteiger partial charge in [-0.2, -0.15) is 0 Å². The first-order valence-corrected chi connectivity index (χ1v) is 6.74. The topological polar surface area (TPSA) is 51.2 Å². The molecule has 0 spiro atoms. The molecule has 1 aliphatic rings. The molecule has 0 unspecified atom stereocenters. The van der Waals surface area contributed by atoms with Gasteiger partial charge in [-0.25, -0.2) is 0 Å². The standard InChI is InChI=1S/C15H13ClN2O2/c16-12-7-11-3-5-20-15(11)13(8-12)18-14(19)6-10-2-1-4-17-9-10/h1-2,4,7-9H,3,5-6H2,(H,18,19). The Morgan fingerprint density at radius 1 is 1.45 bits per heavy atom. The fraction of sp³-hybridized carbons (Fsp3) is 0.200. The Morgan fingerprint density at radius 2 is 2.35 bits per heavy atom. The van der Waals surface area contributed by atoms with Crippen molar-refractivity contribution in [3.63, 3.8) is 0 Å². The summed E-state index contributed by atoms with van der Waals surface area (Å²) >= 11 is 6.06. The highest BCUT2D eigenvalue weighted by Gasteiger charge is 2.19. The van der Waals surface area contributed by atoms with Gasteiger partial charge in [-0.1, -0.05) is 17.7 Å². The predicted molar refractivity (Wildman–Crippen MR) is 77.2 cm³/mol. The summed E-state index contributed by atoms with van der Waals surface area (Å²) in [4.78, 5) is 16.0. The summed E-state index contributed by atoms with van der Waals surface area (Å²) in [5, 5.41) is 3.46.